The molecule has 0 saturated heterocycles. The average molecular weight is 323 g/mol. The van der Waals surface area contributed by atoms with E-state index < -0.39 is 11.0 Å². The van der Waals surface area contributed by atoms with Crippen LogP contribution in [0.5, 0.6) is 5.75 Å². The van der Waals surface area contributed by atoms with Gasteiger partial charge in [-0.05, 0) is 36.4 Å². The van der Waals surface area contributed by atoms with Gasteiger partial charge in [-0.1, -0.05) is 11.6 Å². The third-order valence-electron chi connectivity index (χ3n) is 2.88. The number of nitrogens with zero attached hydrogens (tertiary/aromatic N) is 1. The van der Waals surface area contributed by atoms with Crippen molar-refractivity contribution in [1.29, 1.82) is 0 Å². The van der Waals surface area contributed by atoms with Crippen molar-refractivity contribution in [3.8, 4) is 5.75 Å². The molecule has 1 atom stereocenters. The molecule has 0 aliphatic heterocycles. The second-order valence-corrected chi connectivity index (χ2v) is 5.04. The predicted molar refractivity (Wildman–Crippen MR) is 84.5 cm³/mol. The number of nitro benzene ring substituents is 1. The molecule has 0 radical (unpaired) electrons. The van der Waals surface area contributed by atoms with Gasteiger partial charge >= 0.3 is 0 Å². The van der Waals surface area contributed by atoms with Crippen LogP contribution >= 0.6 is 11.6 Å². The van der Waals surface area contributed by atoms with Crippen LogP contribution in [0.2, 0.25) is 5.02 Å². The number of rotatable bonds is 7. The summed E-state index contributed by atoms with van der Waals surface area (Å²) < 4.78 is 5.42. The number of aliphatic hydroxyl groups is 1. The molecule has 2 N–H and O–H groups in total. The Balaban J connectivity index is 1.76. The van der Waals surface area contributed by atoms with Crippen LogP contribution < -0.4 is 10.1 Å². The summed E-state index contributed by atoms with van der Waals surface area (Å²) in [5, 5.41) is 24.0. The molecular weight excluding hydrogens is 308 g/mol. The van der Waals surface area contributed by atoms with Gasteiger partial charge in [0.2, 0.25) is 0 Å². The smallest absolute Gasteiger partial charge is 0.269 e. The Hall–Kier alpha value is -2.31. The fourth-order valence-corrected chi connectivity index (χ4v) is 1.84. The van der Waals surface area contributed by atoms with E-state index in [4.69, 9.17) is 16.3 Å². The van der Waals surface area contributed by atoms with Crippen LogP contribution in [-0.2, 0) is 0 Å². The summed E-state index contributed by atoms with van der Waals surface area (Å²) in [6.07, 6.45) is -0.717. The number of halogens is 1. The first-order valence-electron chi connectivity index (χ1n) is 6.59. The van der Waals surface area contributed by atoms with Crippen molar-refractivity contribution in [2.75, 3.05) is 18.5 Å². The van der Waals surface area contributed by atoms with Gasteiger partial charge < -0.3 is 15.2 Å². The number of nitro groups is 1. The Morgan fingerprint density at radius 1 is 1.18 bits per heavy atom. The van der Waals surface area contributed by atoms with E-state index in [9.17, 15) is 15.2 Å². The molecule has 2 aromatic carbocycles. The molecule has 0 bridgehead atoms. The summed E-state index contributed by atoms with van der Waals surface area (Å²) in [6.45, 7) is 0.396. The van der Waals surface area contributed by atoms with Gasteiger partial charge in [0.25, 0.3) is 5.69 Å². The number of ether oxygens (including phenoxy) is 1. The normalized spacial score (nSPS) is 11.7. The molecule has 2 rings (SSSR count). The fraction of sp³-hybridized carbons (Fsp3) is 0.200. The van der Waals surface area contributed by atoms with Crippen LogP contribution in [0.15, 0.2) is 48.5 Å². The number of hydrogen-bond acceptors (Lipinski definition) is 5. The Morgan fingerprint density at radius 2 is 1.82 bits per heavy atom. The lowest BCUT2D eigenvalue weighted by molar-refractivity contribution is -0.384. The number of hydrogen-bond donors (Lipinski definition) is 2. The SMILES string of the molecule is O=[N+]([O-])c1ccc(NCC(O)COc2ccc(Cl)cc2)cc1. The van der Waals surface area contributed by atoms with Gasteiger partial charge in [-0.25, -0.2) is 0 Å². The zero-order chi connectivity index (χ0) is 15.9. The summed E-state index contributed by atoms with van der Waals surface area (Å²) in [5.74, 6) is 0.624. The minimum absolute atomic E-state index is 0.0252. The molecule has 0 spiro atoms. The van der Waals surface area contributed by atoms with Gasteiger partial charge in [0.05, 0.1) is 4.92 Å². The maximum atomic E-state index is 10.5. The van der Waals surface area contributed by atoms with E-state index in [0.717, 1.165) is 0 Å². The third kappa shape index (κ3) is 4.91. The van der Waals surface area contributed by atoms with Crippen molar-refractivity contribution in [3.05, 3.63) is 63.7 Å². The number of non-ortho nitro benzene ring substituents is 1. The Labute approximate surface area is 132 Å². The van der Waals surface area contributed by atoms with Crippen LogP contribution in [0.1, 0.15) is 0 Å². The highest BCUT2D eigenvalue weighted by Crippen LogP contribution is 2.17. The number of anilines is 1. The highest BCUT2D eigenvalue weighted by molar-refractivity contribution is 6.30. The standard InChI is InChI=1S/C15H15ClN2O4/c16-11-1-7-15(8-2-11)22-10-14(19)9-17-12-3-5-13(6-4-12)18(20)21/h1-8,14,17,19H,9-10H2. The van der Waals surface area contributed by atoms with Gasteiger partial charge in [0, 0.05) is 29.4 Å². The summed E-state index contributed by atoms with van der Waals surface area (Å²) in [5.41, 5.74) is 0.716. The Bertz CT molecular complexity index is 616. The van der Waals surface area contributed by atoms with E-state index in [2.05, 4.69) is 5.32 Å². The minimum atomic E-state index is -0.717. The van der Waals surface area contributed by atoms with Gasteiger partial charge in [-0.2, -0.15) is 0 Å². The summed E-state index contributed by atoms with van der Waals surface area (Å²) in [7, 11) is 0. The number of benzene rings is 2. The van der Waals surface area contributed by atoms with Crippen molar-refractivity contribution >= 4 is 23.0 Å². The quantitative estimate of drug-likeness (QED) is 0.604. The number of nitrogens with one attached hydrogen (secondary N) is 1. The van der Waals surface area contributed by atoms with E-state index in [1.807, 2.05) is 0 Å². The van der Waals surface area contributed by atoms with Crippen molar-refractivity contribution < 1.29 is 14.8 Å². The number of aliphatic hydroxyl groups excluding tert-OH is 1. The zero-order valence-corrected chi connectivity index (χ0v) is 12.4. The van der Waals surface area contributed by atoms with Crippen LogP contribution in [0.3, 0.4) is 0 Å². The molecular formula is C15H15ClN2O4. The summed E-state index contributed by atoms with van der Waals surface area (Å²) >= 11 is 5.77. The van der Waals surface area contributed by atoms with Crippen molar-refractivity contribution in [3.63, 3.8) is 0 Å². The molecule has 0 aliphatic carbocycles. The van der Waals surface area contributed by atoms with Crippen molar-refractivity contribution in [1.82, 2.24) is 0 Å². The first-order chi connectivity index (χ1) is 10.5. The molecule has 22 heavy (non-hydrogen) atoms. The van der Waals surface area contributed by atoms with E-state index in [1.165, 1.54) is 12.1 Å². The molecule has 0 heterocycles. The molecule has 2 aromatic rings. The summed E-state index contributed by atoms with van der Waals surface area (Å²) in [4.78, 5) is 10.1. The molecule has 0 amide bonds. The lowest BCUT2D eigenvalue weighted by Gasteiger charge is -2.14. The topological polar surface area (TPSA) is 84.6 Å². The van der Waals surface area contributed by atoms with E-state index in [1.54, 1.807) is 36.4 Å². The first kappa shape index (κ1) is 16.1. The molecule has 116 valence electrons. The van der Waals surface area contributed by atoms with Crippen LogP contribution in [-0.4, -0.2) is 29.3 Å². The third-order valence-corrected chi connectivity index (χ3v) is 3.13. The van der Waals surface area contributed by atoms with Gasteiger partial charge in [-0.3, -0.25) is 10.1 Å². The lowest BCUT2D eigenvalue weighted by atomic mass is 10.2. The Kier molecular flexibility index (Phi) is 5.57. The van der Waals surface area contributed by atoms with Crippen molar-refractivity contribution in [2.24, 2.45) is 0 Å². The highest BCUT2D eigenvalue weighted by atomic mass is 35.5. The largest absolute Gasteiger partial charge is 0.491 e. The second-order valence-electron chi connectivity index (χ2n) is 4.60. The van der Waals surface area contributed by atoms with E-state index in [0.29, 0.717) is 16.5 Å². The summed E-state index contributed by atoms with van der Waals surface area (Å²) in [6, 6.07) is 12.8. The second kappa shape index (κ2) is 7.63. The van der Waals surface area contributed by atoms with E-state index >= 15 is 0 Å². The van der Waals surface area contributed by atoms with Crippen LogP contribution in [0, 0.1) is 10.1 Å². The molecule has 0 aliphatic rings. The van der Waals surface area contributed by atoms with Gasteiger partial charge in [0.15, 0.2) is 0 Å². The highest BCUT2D eigenvalue weighted by Gasteiger charge is 2.07. The average Bonchev–Trinajstić information content (AvgIpc) is 2.52. The molecule has 7 heteroatoms. The minimum Gasteiger partial charge on any atom is -0.491 e. The Morgan fingerprint density at radius 3 is 2.41 bits per heavy atom. The maximum Gasteiger partial charge on any atom is 0.269 e. The van der Waals surface area contributed by atoms with Crippen molar-refractivity contribution in [2.45, 2.75) is 6.10 Å². The zero-order valence-electron chi connectivity index (χ0n) is 11.6. The van der Waals surface area contributed by atoms with Crippen LogP contribution in [0.4, 0.5) is 11.4 Å². The predicted octanol–water partition coefficient (Wildman–Crippen LogP) is 3.10. The van der Waals surface area contributed by atoms with E-state index in [-0.39, 0.29) is 18.8 Å². The molecule has 0 fully saturated rings. The molecule has 0 aromatic heterocycles. The monoisotopic (exact) mass is 322 g/mol. The first-order valence-corrected chi connectivity index (χ1v) is 6.97. The van der Waals surface area contributed by atoms with Gasteiger partial charge in [-0.15, -0.1) is 0 Å². The lowest BCUT2D eigenvalue weighted by Crippen LogP contribution is -2.26. The van der Waals surface area contributed by atoms with Crippen LogP contribution in [0.25, 0.3) is 0 Å². The van der Waals surface area contributed by atoms with Gasteiger partial charge in [0.1, 0.15) is 18.5 Å². The fourth-order valence-electron chi connectivity index (χ4n) is 1.72. The maximum absolute atomic E-state index is 10.5. The molecule has 1 unspecified atom stereocenters. The molecule has 0 saturated carbocycles. The molecule has 6 nitrogen and oxygen atoms in total.